The third-order valence-electron chi connectivity index (χ3n) is 4.41. The molecule has 1 aliphatic heterocycles. The van der Waals surface area contributed by atoms with E-state index in [1.807, 2.05) is 0 Å². The summed E-state index contributed by atoms with van der Waals surface area (Å²) >= 11 is 0. The van der Waals surface area contributed by atoms with Gasteiger partial charge in [0.05, 0.1) is 30.8 Å². The van der Waals surface area contributed by atoms with Crippen molar-refractivity contribution >= 4 is 17.7 Å². The maximum Gasteiger partial charge on any atom is 0.573 e. The molecular formula is C23H24F3N5O4. The van der Waals surface area contributed by atoms with Gasteiger partial charge in [0.1, 0.15) is 42.3 Å². The largest absolute Gasteiger partial charge is 0.573 e. The van der Waals surface area contributed by atoms with Crippen LogP contribution in [0.3, 0.4) is 0 Å². The van der Waals surface area contributed by atoms with Gasteiger partial charge in [-0.05, 0) is 42.5 Å². The lowest BCUT2D eigenvalue weighted by molar-refractivity contribution is -0.274. The van der Waals surface area contributed by atoms with Crippen molar-refractivity contribution in [1.29, 1.82) is 5.41 Å². The van der Waals surface area contributed by atoms with Crippen LogP contribution in [0.5, 0.6) is 11.5 Å². The molecule has 1 aromatic heterocycles. The van der Waals surface area contributed by atoms with E-state index >= 15 is 0 Å². The fraction of sp³-hybridized carbons (Fsp3) is 0.261. The first-order valence-corrected chi connectivity index (χ1v) is 10.5. The lowest BCUT2D eigenvalue weighted by Crippen LogP contribution is -2.38. The fourth-order valence-corrected chi connectivity index (χ4v) is 2.78. The molecule has 0 spiro atoms. The molecule has 1 atom stereocenters. The van der Waals surface area contributed by atoms with Crippen molar-refractivity contribution in [3.05, 3.63) is 72.4 Å². The molecule has 1 aliphatic rings. The van der Waals surface area contributed by atoms with Crippen LogP contribution in [0.2, 0.25) is 0 Å². The number of dihydropyridines is 1. The summed E-state index contributed by atoms with van der Waals surface area (Å²) in [5.41, 5.74) is 6.94. The molecule has 0 saturated heterocycles. The molecule has 35 heavy (non-hydrogen) atoms. The Bertz CT molecular complexity index is 1050. The zero-order valence-electron chi connectivity index (χ0n) is 18.5. The number of amidine groups is 1. The van der Waals surface area contributed by atoms with Gasteiger partial charge >= 0.3 is 6.36 Å². The zero-order valence-corrected chi connectivity index (χ0v) is 18.5. The Hall–Kier alpha value is -4.06. The molecule has 0 radical (unpaired) electrons. The quantitative estimate of drug-likeness (QED) is 0.236. The van der Waals surface area contributed by atoms with E-state index in [0.29, 0.717) is 49.3 Å². The summed E-state index contributed by atoms with van der Waals surface area (Å²) in [5, 5.41) is 10.1. The number of nitrogens with two attached hydrogens (primary N) is 1. The van der Waals surface area contributed by atoms with E-state index in [1.165, 1.54) is 12.1 Å². The number of alkyl halides is 3. The number of halogens is 3. The van der Waals surface area contributed by atoms with E-state index in [2.05, 4.69) is 20.0 Å². The zero-order chi connectivity index (χ0) is 25.1. The predicted molar refractivity (Wildman–Crippen MR) is 123 cm³/mol. The highest BCUT2D eigenvalue weighted by atomic mass is 19.4. The van der Waals surface area contributed by atoms with E-state index in [4.69, 9.17) is 25.4 Å². The van der Waals surface area contributed by atoms with E-state index < -0.39 is 12.4 Å². The van der Waals surface area contributed by atoms with Crippen molar-refractivity contribution in [2.24, 2.45) is 10.7 Å². The fourth-order valence-electron chi connectivity index (χ4n) is 2.78. The molecule has 1 aromatic carbocycles. The van der Waals surface area contributed by atoms with Gasteiger partial charge in [-0.2, -0.15) is 0 Å². The summed E-state index contributed by atoms with van der Waals surface area (Å²) in [4.78, 5) is 8.23. The molecule has 0 saturated carbocycles. The molecule has 4 N–H and O–H groups in total. The lowest BCUT2D eigenvalue weighted by atomic mass is 10.2. The Morgan fingerprint density at radius 1 is 1.06 bits per heavy atom. The third-order valence-corrected chi connectivity index (χ3v) is 4.41. The van der Waals surface area contributed by atoms with E-state index in [9.17, 15) is 13.2 Å². The highest BCUT2D eigenvalue weighted by molar-refractivity contribution is 5.90. The average molecular weight is 491 g/mol. The van der Waals surface area contributed by atoms with Gasteiger partial charge in [0.2, 0.25) is 0 Å². The molecule has 186 valence electrons. The smallest absolute Gasteiger partial charge is 0.490 e. The van der Waals surface area contributed by atoms with Gasteiger partial charge in [0.25, 0.3) is 0 Å². The first-order chi connectivity index (χ1) is 16.8. The first kappa shape index (κ1) is 25.6. The van der Waals surface area contributed by atoms with E-state index in [0.717, 1.165) is 18.3 Å². The Kier molecular flexibility index (Phi) is 9.07. The molecule has 1 unspecified atom stereocenters. The second-order valence-corrected chi connectivity index (χ2v) is 7.00. The van der Waals surface area contributed by atoms with Crippen LogP contribution in [0, 0.1) is 5.41 Å². The Morgan fingerprint density at radius 3 is 2.37 bits per heavy atom. The van der Waals surface area contributed by atoms with Crippen LogP contribution in [-0.4, -0.2) is 55.9 Å². The predicted octanol–water partition coefficient (Wildman–Crippen LogP) is 3.45. The molecule has 0 amide bonds. The van der Waals surface area contributed by atoms with Crippen LogP contribution in [0.15, 0.2) is 71.7 Å². The summed E-state index contributed by atoms with van der Waals surface area (Å²) in [5.74, 6) is 1.08. The van der Waals surface area contributed by atoms with Crippen LogP contribution >= 0.6 is 0 Å². The third kappa shape index (κ3) is 9.01. The number of allylic oxidation sites excluding steroid dienone is 1. The topological polar surface area (TPSA) is 124 Å². The Morgan fingerprint density at radius 2 is 1.77 bits per heavy atom. The van der Waals surface area contributed by atoms with Gasteiger partial charge in [-0.15, -0.1) is 13.2 Å². The number of pyridine rings is 1. The van der Waals surface area contributed by atoms with E-state index in [1.54, 1.807) is 36.7 Å². The number of hydrogen-bond acceptors (Lipinski definition) is 8. The minimum Gasteiger partial charge on any atom is -0.490 e. The highest BCUT2D eigenvalue weighted by Crippen LogP contribution is 2.25. The average Bonchev–Trinajstić information content (AvgIpc) is 2.84. The standard InChI is InChI=1S/C23H24F3N5O4/c24-23(25,26)35-18-4-1-16(2-5-18)31-22(28)21-8-7-20(15-30-21)34-12-10-32-9-11-33-19-6-3-17(13-27)29-14-19/h1-8,13-15,21,27,30H,9-12H2,(H2,28,31). The van der Waals surface area contributed by atoms with Crippen molar-refractivity contribution in [2.75, 3.05) is 26.4 Å². The van der Waals surface area contributed by atoms with E-state index in [-0.39, 0.29) is 11.6 Å². The number of hydrogen-bond donors (Lipinski definition) is 3. The molecule has 0 aliphatic carbocycles. The minimum absolute atomic E-state index is 0.229. The number of nitrogens with zero attached hydrogens (tertiary/aromatic N) is 2. The van der Waals surface area contributed by atoms with Crippen LogP contribution in [0.1, 0.15) is 5.69 Å². The summed E-state index contributed by atoms with van der Waals surface area (Å²) in [6.07, 6.45) is 3.08. The monoisotopic (exact) mass is 491 g/mol. The SMILES string of the molecule is N=Cc1ccc(OCCOCCOC2=CNC(C(N)=Nc3ccc(OC(F)(F)F)cc3)C=C2)cn1. The molecular weight excluding hydrogens is 467 g/mol. The van der Waals surface area contributed by atoms with Crippen molar-refractivity contribution in [3.8, 4) is 11.5 Å². The minimum atomic E-state index is -4.75. The maximum absolute atomic E-state index is 12.2. The van der Waals surface area contributed by atoms with Crippen molar-refractivity contribution < 1.29 is 32.1 Å². The molecule has 2 aromatic rings. The summed E-state index contributed by atoms with van der Waals surface area (Å²) in [7, 11) is 0. The molecule has 0 fully saturated rings. The van der Waals surface area contributed by atoms with Gasteiger partial charge in [-0.3, -0.25) is 4.98 Å². The molecule has 3 rings (SSSR count). The Labute approximate surface area is 199 Å². The van der Waals surface area contributed by atoms with Crippen LogP contribution in [-0.2, 0) is 9.47 Å². The first-order valence-electron chi connectivity index (χ1n) is 10.5. The summed E-state index contributed by atoms with van der Waals surface area (Å²) in [6, 6.07) is 8.11. The summed E-state index contributed by atoms with van der Waals surface area (Å²) in [6.45, 7) is 1.42. The van der Waals surface area contributed by atoms with Crippen LogP contribution in [0.25, 0.3) is 0 Å². The van der Waals surface area contributed by atoms with Crippen molar-refractivity contribution in [2.45, 2.75) is 12.4 Å². The van der Waals surface area contributed by atoms with Gasteiger partial charge in [0, 0.05) is 12.4 Å². The number of aromatic nitrogens is 1. The second kappa shape index (κ2) is 12.4. The summed E-state index contributed by atoms with van der Waals surface area (Å²) < 4.78 is 57.1. The highest BCUT2D eigenvalue weighted by Gasteiger charge is 2.30. The van der Waals surface area contributed by atoms with Crippen molar-refractivity contribution in [3.63, 3.8) is 0 Å². The molecule has 9 nitrogen and oxygen atoms in total. The number of aliphatic imine (C=N–C) groups is 1. The van der Waals surface area contributed by atoms with Gasteiger partial charge in [-0.25, -0.2) is 4.99 Å². The maximum atomic E-state index is 12.2. The van der Waals surface area contributed by atoms with Gasteiger partial charge in [0.15, 0.2) is 0 Å². The second-order valence-electron chi connectivity index (χ2n) is 7.00. The molecule has 12 heteroatoms. The van der Waals surface area contributed by atoms with Gasteiger partial charge in [-0.1, -0.05) is 6.08 Å². The normalized spacial score (nSPS) is 15.7. The lowest BCUT2D eigenvalue weighted by Gasteiger charge is -2.18. The molecule has 0 bridgehead atoms. The van der Waals surface area contributed by atoms with Crippen LogP contribution in [0.4, 0.5) is 18.9 Å². The number of benzene rings is 1. The van der Waals surface area contributed by atoms with Gasteiger partial charge < -0.3 is 35.4 Å². The number of ether oxygens (including phenoxy) is 4. The number of nitrogens with one attached hydrogen (secondary N) is 2. The molecule has 2 heterocycles. The Balaban J connectivity index is 1.32. The van der Waals surface area contributed by atoms with Crippen molar-refractivity contribution in [1.82, 2.24) is 10.3 Å². The van der Waals surface area contributed by atoms with Crippen LogP contribution < -0.4 is 20.5 Å². The number of rotatable bonds is 12.